The van der Waals surface area contributed by atoms with Crippen molar-refractivity contribution < 1.29 is 0 Å². The average molecular weight is 441 g/mol. The fourth-order valence-electron chi connectivity index (χ4n) is 10.8. The van der Waals surface area contributed by atoms with Crippen molar-refractivity contribution in [2.75, 3.05) is 0 Å². The smallest absolute Gasteiger partial charge is 0.00178 e. The van der Waals surface area contributed by atoms with E-state index in [2.05, 4.69) is 78.9 Å². The second-order valence-corrected chi connectivity index (χ2v) is 12.6. The predicted octanol–water partition coefficient (Wildman–Crippen LogP) is 8.62. The molecule has 4 aromatic carbocycles. The SMILES string of the molecule is c1ccc2c(-c3ccc(C45CC6CC7C8CC(CC74)CC5C8C6)cc3)c3ccccc3cc2c1. The van der Waals surface area contributed by atoms with Crippen molar-refractivity contribution in [1.29, 1.82) is 0 Å². The van der Waals surface area contributed by atoms with Crippen molar-refractivity contribution in [3.63, 3.8) is 0 Å². The molecule has 34 heavy (non-hydrogen) atoms. The average Bonchev–Trinajstić information content (AvgIpc) is 2.90. The Morgan fingerprint density at radius 3 is 1.79 bits per heavy atom. The number of fused-ring (bicyclic) bond motifs is 2. The Bertz CT molecular complexity index is 1380. The molecule has 7 aliphatic rings. The lowest BCUT2D eigenvalue weighted by molar-refractivity contribution is -0.220. The first-order chi connectivity index (χ1) is 16.8. The van der Waals surface area contributed by atoms with E-state index in [-0.39, 0.29) is 0 Å². The molecule has 7 aliphatic carbocycles. The van der Waals surface area contributed by atoms with Gasteiger partial charge in [0.25, 0.3) is 0 Å². The normalized spacial score (nSPS) is 38.9. The summed E-state index contributed by atoms with van der Waals surface area (Å²) in [4.78, 5) is 0. The largest absolute Gasteiger partial charge is 0.0616 e. The highest BCUT2D eigenvalue weighted by Crippen LogP contribution is 2.76. The monoisotopic (exact) mass is 440 g/mol. The molecule has 8 bridgehead atoms. The van der Waals surface area contributed by atoms with Crippen molar-refractivity contribution in [3.05, 3.63) is 84.4 Å². The van der Waals surface area contributed by atoms with Crippen LogP contribution < -0.4 is 0 Å². The van der Waals surface area contributed by atoms with Gasteiger partial charge >= 0.3 is 0 Å². The molecule has 0 aromatic heterocycles. The van der Waals surface area contributed by atoms with Crippen LogP contribution in [0.4, 0.5) is 0 Å². The minimum Gasteiger partial charge on any atom is -0.0616 e. The van der Waals surface area contributed by atoms with Gasteiger partial charge in [-0.25, -0.2) is 0 Å². The van der Waals surface area contributed by atoms with Crippen LogP contribution >= 0.6 is 0 Å². The second-order valence-electron chi connectivity index (χ2n) is 12.6. The van der Waals surface area contributed by atoms with Gasteiger partial charge in [-0.3, -0.25) is 0 Å². The van der Waals surface area contributed by atoms with Gasteiger partial charge in [-0.2, -0.15) is 0 Å². The molecule has 0 nitrogen and oxygen atoms in total. The maximum Gasteiger partial charge on any atom is 0.00178 e. The van der Waals surface area contributed by atoms with E-state index in [1.165, 1.54) is 51.9 Å². The van der Waals surface area contributed by atoms with Gasteiger partial charge < -0.3 is 0 Å². The summed E-state index contributed by atoms with van der Waals surface area (Å²) in [6, 6.07) is 30.3. The van der Waals surface area contributed by atoms with Crippen LogP contribution in [0.15, 0.2) is 78.9 Å². The van der Waals surface area contributed by atoms with Crippen molar-refractivity contribution in [2.24, 2.45) is 41.4 Å². The van der Waals surface area contributed by atoms with Gasteiger partial charge in [0.15, 0.2) is 0 Å². The maximum absolute atomic E-state index is 2.58. The molecule has 0 N–H and O–H groups in total. The molecule has 0 spiro atoms. The van der Waals surface area contributed by atoms with Crippen LogP contribution in [0.3, 0.4) is 0 Å². The zero-order chi connectivity index (χ0) is 22.0. The molecule has 7 saturated carbocycles. The summed E-state index contributed by atoms with van der Waals surface area (Å²) in [5.41, 5.74) is 5.00. The molecule has 0 amide bonds. The van der Waals surface area contributed by atoms with E-state index in [4.69, 9.17) is 0 Å². The van der Waals surface area contributed by atoms with Crippen LogP contribution in [-0.2, 0) is 5.41 Å². The van der Waals surface area contributed by atoms with Crippen LogP contribution in [-0.4, -0.2) is 0 Å². The molecular formula is C34H32. The van der Waals surface area contributed by atoms with E-state index in [1.807, 2.05) is 0 Å². The van der Waals surface area contributed by atoms with Gasteiger partial charge in [0.2, 0.25) is 0 Å². The minimum absolute atomic E-state index is 0.503. The number of hydrogen-bond acceptors (Lipinski definition) is 0. The van der Waals surface area contributed by atoms with Gasteiger partial charge in [-0.05, 0) is 124 Å². The van der Waals surface area contributed by atoms with Crippen molar-refractivity contribution in [1.82, 2.24) is 0 Å². The minimum atomic E-state index is 0.503. The maximum atomic E-state index is 2.58. The summed E-state index contributed by atoms with van der Waals surface area (Å²) in [5.74, 6) is 7.21. The first kappa shape index (κ1) is 18.7. The Labute approximate surface area is 202 Å². The van der Waals surface area contributed by atoms with E-state index in [9.17, 15) is 0 Å². The second kappa shape index (κ2) is 6.34. The summed E-state index contributed by atoms with van der Waals surface area (Å²) in [7, 11) is 0. The van der Waals surface area contributed by atoms with Crippen molar-refractivity contribution in [2.45, 2.75) is 43.9 Å². The molecule has 4 unspecified atom stereocenters. The van der Waals surface area contributed by atoms with E-state index in [0.717, 1.165) is 41.4 Å². The lowest BCUT2D eigenvalue weighted by Crippen LogP contribution is -2.69. The highest BCUT2D eigenvalue weighted by atomic mass is 14.7. The Morgan fingerprint density at radius 2 is 1.15 bits per heavy atom. The first-order valence-corrected chi connectivity index (χ1v) is 13.8. The zero-order valence-corrected chi connectivity index (χ0v) is 19.8. The Hall–Kier alpha value is -2.60. The molecule has 4 aromatic rings. The topological polar surface area (TPSA) is 0 Å². The van der Waals surface area contributed by atoms with Crippen molar-refractivity contribution in [3.8, 4) is 11.1 Å². The van der Waals surface area contributed by atoms with Gasteiger partial charge in [-0.1, -0.05) is 72.8 Å². The summed E-state index contributed by atoms with van der Waals surface area (Å²) < 4.78 is 0. The fraction of sp³-hybridized carbons (Fsp3) is 0.412. The molecule has 11 rings (SSSR count). The Balaban J connectivity index is 1.22. The first-order valence-electron chi connectivity index (χ1n) is 13.8. The molecule has 0 heterocycles. The number of benzene rings is 4. The summed E-state index contributed by atoms with van der Waals surface area (Å²) in [6.45, 7) is 0. The van der Waals surface area contributed by atoms with Gasteiger partial charge in [0, 0.05) is 5.41 Å². The zero-order valence-electron chi connectivity index (χ0n) is 19.8. The van der Waals surface area contributed by atoms with Gasteiger partial charge in [0.1, 0.15) is 0 Å². The highest BCUT2D eigenvalue weighted by Gasteiger charge is 2.70. The van der Waals surface area contributed by atoms with E-state index < -0.39 is 0 Å². The quantitative estimate of drug-likeness (QED) is 0.274. The highest BCUT2D eigenvalue weighted by molar-refractivity contribution is 6.12. The van der Waals surface area contributed by atoms with Crippen LogP contribution in [0, 0.1) is 41.4 Å². The van der Waals surface area contributed by atoms with Crippen LogP contribution in [0.5, 0.6) is 0 Å². The molecule has 0 radical (unpaired) electrons. The lowest BCUT2D eigenvalue weighted by Gasteiger charge is -2.74. The van der Waals surface area contributed by atoms with Gasteiger partial charge in [0.05, 0.1) is 0 Å². The standard InChI is InChI=1S/C34H32/c1-3-7-26-23(5-1)18-24-6-2-4-8-27(24)33(26)22-9-11-25(12-10-22)34-19-21-14-29-28-13-20(16-31(29)34)17-32(34)30(28)15-21/h1-12,18,20-21,28-32H,13-17,19H2. The number of rotatable bonds is 2. The molecule has 0 aliphatic heterocycles. The summed E-state index contributed by atoms with van der Waals surface area (Å²) >= 11 is 0. The molecule has 0 heteroatoms. The van der Waals surface area contributed by atoms with Crippen LogP contribution in [0.1, 0.15) is 44.1 Å². The van der Waals surface area contributed by atoms with Crippen molar-refractivity contribution >= 4 is 21.5 Å². The van der Waals surface area contributed by atoms with Crippen LogP contribution in [0.2, 0.25) is 0 Å². The predicted molar refractivity (Wildman–Crippen MR) is 141 cm³/mol. The molecule has 0 saturated heterocycles. The lowest BCUT2D eigenvalue weighted by atomic mass is 9.30. The van der Waals surface area contributed by atoms with E-state index in [1.54, 1.807) is 24.8 Å². The Kier molecular flexibility index (Phi) is 3.48. The fourth-order valence-corrected chi connectivity index (χ4v) is 10.8. The molecule has 4 atom stereocenters. The molecule has 7 fully saturated rings. The number of hydrogen-bond donors (Lipinski definition) is 0. The van der Waals surface area contributed by atoms with E-state index in [0.29, 0.717) is 5.41 Å². The third kappa shape index (κ3) is 2.18. The molecular weight excluding hydrogens is 408 g/mol. The third-order valence-electron chi connectivity index (χ3n) is 11.6. The van der Waals surface area contributed by atoms with Crippen LogP contribution in [0.25, 0.3) is 32.7 Å². The van der Waals surface area contributed by atoms with Gasteiger partial charge in [-0.15, -0.1) is 0 Å². The Morgan fingerprint density at radius 1 is 0.559 bits per heavy atom. The molecule has 168 valence electrons. The summed E-state index contributed by atoms with van der Waals surface area (Å²) in [5, 5.41) is 5.44. The van der Waals surface area contributed by atoms with E-state index >= 15 is 0 Å². The third-order valence-corrected chi connectivity index (χ3v) is 11.6. The summed E-state index contributed by atoms with van der Waals surface area (Å²) in [6.07, 6.45) is 9.27.